The molecule has 114 valence electrons. The fraction of sp³-hybridized carbons (Fsp3) is 0.167. The minimum atomic E-state index is -0.198. The molecular weight excluding hydrogens is 409 g/mol. The monoisotopic (exact) mass is 425 g/mol. The number of rotatable bonds is 4. The van der Waals surface area contributed by atoms with E-state index in [0.29, 0.717) is 16.6 Å². The molecule has 0 aromatic heterocycles. The second-order valence-electron chi connectivity index (χ2n) is 5.27. The minimum Gasteiger partial charge on any atom is -0.321 e. The standard InChI is InChI=1S/C18H17ClINO/c1-12(2)14-6-3-13(4-7-14)5-10-18(22)21-17-9-8-15(20)11-16(17)19/h3-12H,1-2H3,(H,21,22). The van der Waals surface area contributed by atoms with Crippen LogP contribution >= 0.6 is 34.2 Å². The zero-order chi connectivity index (χ0) is 16.1. The summed E-state index contributed by atoms with van der Waals surface area (Å²) in [6.07, 6.45) is 3.30. The van der Waals surface area contributed by atoms with Crippen LogP contribution in [0.5, 0.6) is 0 Å². The molecule has 0 aliphatic rings. The average molecular weight is 426 g/mol. The Kier molecular flexibility index (Phi) is 6.03. The topological polar surface area (TPSA) is 29.1 Å². The highest BCUT2D eigenvalue weighted by Gasteiger charge is 2.03. The van der Waals surface area contributed by atoms with E-state index in [0.717, 1.165) is 9.13 Å². The van der Waals surface area contributed by atoms with Gasteiger partial charge >= 0.3 is 0 Å². The molecule has 1 N–H and O–H groups in total. The Balaban J connectivity index is 2.01. The first kappa shape index (κ1) is 17.0. The molecule has 2 rings (SSSR count). The summed E-state index contributed by atoms with van der Waals surface area (Å²) in [5.41, 5.74) is 2.90. The number of nitrogens with one attached hydrogen (secondary N) is 1. The van der Waals surface area contributed by atoms with Crippen LogP contribution in [-0.4, -0.2) is 5.91 Å². The van der Waals surface area contributed by atoms with Crippen molar-refractivity contribution in [2.75, 3.05) is 5.32 Å². The van der Waals surface area contributed by atoms with Crippen LogP contribution < -0.4 is 5.32 Å². The summed E-state index contributed by atoms with van der Waals surface area (Å²) in [6.45, 7) is 4.31. The van der Waals surface area contributed by atoms with Crippen molar-refractivity contribution in [3.05, 3.63) is 68.3 Å². The van der Waals surface area contributed by atoms with Crippen LogP contribution in [0.4, 0.5) is 5.69 Å². The van der Waals surface area contributed by atoms with E-state index >= 15 is 0 Å². The lowest BCUT2D eigenvalue weighted by atomic mass is 10.0. The summed E-state index contributed by atoms with van der Waals surface area (Å²) in [6, 6.07) is 13.7. The largest absolute Gasteiger partial charge is 0.321 e. The molecule has 2 nitrogen and oxygen atoms in total. The normalized spacial score (nSPS) is 11.1. The van der Waals surface area contributed by atoms with Crippen molar-refractivity contribution in [3.63, 3.8) is 0 Å². The quantitative estimate of drug-likeness (QED) is 0.492. The maximum absolute atomic E-state index is 11.9. The maximum Gasteiger partial charge on any atom is 0.248 e. The molecule has 0 bridgehead atoms. The maximum atomic E-state index is 11.9. The third-order valence-corrected chi connectivity index (χ3v) is 4.20. The van der Waals surface area contributed by atoms with Crippen molar-refractivity contribution in [2.45, 2.75) is 19.8 Å². The van der Waals surface area contributed by atoms with E-state index < -0.39 is 0 Å². The molecule has 4 heteroatoms. The van der Waals surface area contributed by atoms with Crippen molar-refractivity contribution >= 4 is 51.9 Å². The van der Waals surface area contributed by atoms with Gasteiger partial charge in [-0.05, 0) is 63.9 Å². The molecule has 0 heterocycles. The molecule has 22 heavy (non-hydrogen) atoms. The zero-order valence-electron chi connectivity index (χ0n) is 12.4. The van der Waals surface area contributed by atoms with Crippen molar-refractivity contribution in [2.24, 2.45) is 0 Å². The van der Waals surface area contributed by atoms with Gasteiger partial charge in [0.15, 0.2) is 0 Å². The molecule has 2 aromatic carbocycles. The summed E-state index contributed by atoms with van der Waals surface area (Å²) >= 11 is 8.27. The number of hydrogen-bond donors (Lipinski definition) is 1. The Morgan fingerprint density at radius 1 is 1.18 bits per heavy atom. The van der Waals surface area contributed by atoms with Crippen molar-refractivity contribution in [1.29, 1.82) is 0 Å². The fourth-order valence-electron chi connectivity index (χ4n) is 1.93. The highest BCUT2D eigenvalue weighted by atomic mass is 127. The zero-order valence-corrected chi connectivity index (χ0v) is 15.4. The van der Waals surface area contributed by atoms with Crippen LogP contribution in [0.3, 0.4) is 0 Å². The Morgan fingerprint density at radius 3 is 2.45 bits per heavy atom. The first-order valence-electron chi connectivity index (χ1n) is 7.00. The lowest BCUT2D eigenvalue weighted by molar-refractivity contribution is -0.111. The van der Waals surface area contributed by atoms with E-state index in [1.807, 2.05) is 24.3 Å². The average Bonchev–Trinajstić information content (AvgIpc) is 2.48. The molecule has 0 saturated carbocycles. The molecule has 0 saturated heterocycles. The highest BCUT2D eigenvalue weighted by Crippen LogP contribution is 2.23. The Labute approximate surface area is 149 Å². The van der Waals surface area contributed by atoms with Gasteiger partial charge in [-0.1, -0.05) is 49.7 Å². The number of halogens is 2. The first-order valence-corrected chi connectivity index (χ1v) is 8.45. The Bertz CT molecular complexity index is 693. The number of benzene rings is 2. The van der Waals surface area contributed by atoms with E-state index in [1.54, 1.807) is 12.1 Å². The summed E-state index contributed by atoms with van der Waals surface area (Å²) < 4.78 is 1.03. The third kappa shape index (κ3) is 4.85. The second kappa shape index (κ2) is 7.79. The number of carbonyl (C=O) groups excluding carboxylic acids is 1. The smallest absolute Gasteiger partial charge is 0.248 e. The Morgan fingerprint density at radius 2 is 1.86 bits per heavy atom. The van der Waals surface area contributed by atoms with E-state index in [2.05, 4.69) is 53.9 Å². The van der Waals surface area contributed by atoms with Crippen LogP contribution in [0.15, 0.2) is 48.5 Å². The highest BCUT2D eigenvalue weighted by molar-refractivity contribution is 14.1. The van der Waals surface area contributed by atoms with Gasteiger partial charge in [0.1, 0.15) is 0 Å². The lowest BCUT2D eigenvalue weighted by Gasteiger charge is -2.06. The van der Waals surface area contributed by atoms with Gasteiger partial charge in [0.05, 0.1) is 10.7 Å². The lowest BCUT2D eigenvalue weighted by Crippen LogP contribution is -2.08. The van der Waals surface area contributed by atoms with E-state index in [4.69, 9.17) is 11.6 Å². The van der Waals surface area contributed by atoms with Crippen LogP contribution in [0.1, 0.15) is 30.9 Å². The molecule has 0 aliphatic heterocycles. The number of anilines is 1. The van der Waals surface area contributed by atoms with Crippen molar-refractivity contribution < 1.29 is 4.79 Å². The van der Waals surface area contributed by atoms with Crippen LogP contribution in [0, 0.1) is 3.57 Å². The van der Waals surface area contributed by atoms with E-state index in [9.17, 15) is 4.79 Å². The van der Waals surface area contributed by atoms with Gasteiger partial charge in [0, 0.05) is 9.65 Å². The van der Waals surface area contributed by atoms with Gasteiger partial charge in [-0.3, -0.25) is 4.79 Å². The van der Waals surface area contributed by atoms with Gasteiger partial charge < -0.3 is 5.32 Å². The van der Waals surface area contributed by atoms with Crippen molar-refractivity contribution in [3.8, 4) is 0 Å². The van der Waals surface area contributed by atoms with Crippen LogP contribution in [0.25, 0.3) is 6.08 Å². The summed E-state index contributed by atoms with van der Waals surface area (Å²) in [4.78, 5) is 11.9. The molecular formula is C18H17ClINO. The van der Waals surface area contributed by atoms with E-state index in [-0.39, 0.29) is 5.91 Å². The van der Waals surface area contributed by atoms with Gasteiger partial charge in [-0.2, -0.15) is 0 Å². The van der Waals surface area contributed by atoms with Gasteiger partial charge in [-0.25, -0.2) is 0 Å². The first-order chi connectivity index (χ1) is 10.5. The molecule has 0 aliphatic carbocycles. The predicted octanol–water partition coefficient (Wildman–Crippen LogP) is 5.72. The molecule has 2 aromatic rings. The summed E-state index contributed by atoms with van der Waals surface area (Å²) in [7, 11) is 0. The third-order valence-electron chi connectivity index (χ3n) is 3.22. The van der Waals surface area contributed by atoms with Gasteiger partial charge in [0.25, 0.3) is 0 Å². The molecule has 0 atom stereocenters. The number of carbonyl (C=O) groups is 1. The molecule has 1 amide bonds. The second-order valence-corrected chi connectivity index (χ2v) is 6.92. The Hall–Kier alpha value is -1.33. The number of hydrogen-bond acceptors (Lipinski definition) is 1. The number of amides is 1. The molecule has 0 fully saturated rings. The molecule has 0 radical (unpaired) electrons. The van der Waals surface area contributed by atoms with Crippen LogP contribution in [-0.2, 0) is 4.79 Å². The minimum absolute atomic E-state index is 0.198. The van der Waals surface area contributed by atoms with Gasteiger partial charge in [-0.15, -0.1) is 0 Å². The van der Waals surface area contributed by atoms with Crippen molar-refractivity contribution in [1.82, 2.24) is 0 Å². The molecule has 0 spiro atoms. The molecule has 0 unspecified atom stereocenters. The summed E-state index contributed by atoms with van der Waals surface area (Å²) in [5.74, 6) is 0.306. The van der Waals surface area contributed by atoms with Gasteiger partial charge in [0.2, 0.25) is 5.91 Å². The van der Waals surface area contributed by atoms with Crippen LogP contribution in [0.2, 0.25) is 5.02 Å². The SMILES string of the molecule is CC(C)c1ccc(C=CC(=O)Nc2ccc(I)cc2Cl)cc1. The summed E-state index contributed by atoms with van der Waals surface area (Å²) in [5, 5.41) is 3.31. The predicted molar refractivity (Wildman–Crippen MR) is 102 cm³/mol. The van der Waals surface area contributed by atoms with E-state index in [1.165, 1.54) is 11.6 Å². The fourth-order valence-corrected chi connectivity index (χ4v) is 2.83.